The molecule has 0 saturated heterocycles. The molecular weight excluding hydrogens is 204 g/mol. The van der Waals surface area contributed by atoms with Gasteiger partial charge in [-0.25, -0.2) is 0 Å². The van der Waals surface area contributed by atoms with Crippen molar-refractivity contribution in [2.75, 3.05) is 11.5 Å². The lowest BCUT2D eigenvalue weighted by molar-refractivity contribution is 1.16. The first-order chi connectivity index (χ1) is 7.22. The van der Waals surface area contributed by atoms with E-state index in [1.165, 1.54) is 11.1 Å². The first-order valence-corrected chi connectivity index (χ1v) is 5.87. The molecule has 0 aliphatic heterocycles. The lowest BCUT2D eigenvalue weighted by Gasteiger charge is -2.07. The third kappa shape index (κ3) is 1.83. The van der Waals surface area contributed by atoms with E-state index in [1.54, 1.807) is 11.3 Å². The minimum Gasteiger partial charge on any atom is -0.399 e. The molecule has 0 aliphatic rings. The maximum Gasteiger partial charge on any atom is 0.0395 e. The van der Waals surface area contributed by atoms with Crippen LogP contribution in [0.3, 0.4) is 0 Å². The molecule has 0 bridgehead atoms. The van der Waals surface area contributed by atoms with Gasteiger partial charge >= 0.3 is 0 Å². The van der Waals surface area contributed by atoms with Gasteiger partial charge in [-0.1, -0.05) is 6.92 Å². The standard InChI is InChI=1S/C12H14N2S/c1-2-8-6-15-7-11(8)10-5-9(13)3-4-12(10)14/h3-7H,2,13-14H2,1H3. The number of nitrogen functional groups attached to an aromatic ring is 2. The maximum absolute atomic E-state index is 5.95. The summed E-state index contributed by atoms with van der Waals surface area (Å²) in [6, 6.07) is 5.63. The number of hydrogen-bond acceptors (Lipinski definition) is 3. The maximum atomic E-state index is 5.95. The van der Waals surface area contributed by atoms with Gasteiger partial charge in [0.15, 0.2) is 0 Å². The van der Waals surface area contributed by atoms with Crippen molar-refractivity contribution in [3.05, 3.63) is 34.5 Å². The summed E-state index contributed by atoms with van der Waals surface area (Å²) >= 11 is 1.70. The SMILES string of the molecule is CCc1cscc1-c1cc(N)ccc1N. The zero-order valence-corrected chi connectivity index (χ0v) is 9.47. The van der Waals surface area contributed by atoms with Crippen LogP contribution in [0, 0.1) is 0 Å². The van der Waals surface area contributed by atoms with Crippen molar-refractivity contribution in [2.24, 2.45) is 0 Å². The molecule has 1 aromatic carbocycles. The Morgan fingerprint density at radius 3 is 2.67 bits per heavy atom. The predicted molar refractivity (Wildman–Crippen MR) is 68.0 cm³/mol. The highest BCUT2D eigenvalue weighted by molar-refractivity contribution is 7.08. The van der Waals surface area contributed by atoms with Crippen molar-refractivity contribution in [3.63, 3.8) is 0 Å². The van der Waals surface area contributed by atoms with Crippen LogP contribution in [0.4, 0.5) is 11.4 Å². The number of nitrogens with two attached hydrogens (primary N) is 2. The van der Waals surface area contributed by atoms with Crippen molar-refractivity contribution >= 4 is 22.7 Å². The van der Waals surface area contributed by atoms with Gasteiger partial charge in [0.1, 0.15) is 0 Å². The Kier molecular flexibility index (Phi) is 2.64. The van der Waals surface area contributed by atoms with Gasteiger partial charge in [-0.05, 0) is 46.5 Å². The fourth-order valence-corrected chi connectivity index (χ4v) is 2.58. The molecule has 1 heterocycles. The van der Waals surface area contributed by atoms with Crippen LogP contribution in [0.15, 0.2) is 29.0 Å². The van der Waals surface area contributed by atoms with Gasteiger partial charge in [0.2, 0.25) is 0 Å². The monoisotopic (exact) mass is 218 g/mol. The molecule has 1 aromatic heterocycles. The lowest BCUT2D eigenvalue weighted by Crippen LogP contribution is -1.93. The first kappa shape index (κ1) is 10.1. The molecule has 0 atom stereocenters. The van der Waals surface area contributed by atoms with Crippen LogP contribution >= 0.6 is 11.3 Å². The zero-order chi connectivity index (χ0) is 10.8. The average molecular weight is 218 g/mol. The van der Waals surface area contributed by atoms with E-state index in [2.05, 4.69) is 17.7 Å². The van der Waals surface area contributed by atoms with E-state index in [4.69, 9.17) is 11.5 Å². The number of anilines is 2. The average Bonchev–Trinajstić information content (AvgIpc) is 2.69. The van der Waals surface area contributed by atoms with Crippen LogP contribution in [0.25, 0.3) is 11.1 Å². The summed E-state index contributed by atoms with van der Waals surface area (Å²) in [6.07, 6.45) is 1.02. The third-order valence-electron chi connectivity index (χ3n) is 2.49. The molecule has 0 aliphatic carbocycles. The second-order valence-corrected chi connectivity index (χ2v) is 4.25. The van der Waals surface area contributed by atoms with Crippen LogP contribution in [-0.4, -0.2) is 0 Å². The second-order valence-electron chi connectivity index (χ2n) is 3.51. The summed E-state index contributed by atoms with van der Waals surface area (Å²) in [7, 11) is 0. The van der Waals surface area contributed by atoms with E-state index < -0.39 is 0 Å². The molecule has 0 radical (unpaired) electrons. The Labute approximate surface area is 93.5 Å². The summed E-state index contributed by atoms with van der Waals surface area (Å²) in [5.41, 5.74) is 16.9. The molecule has 3 heteroatoms. The minimum atomic E-state index is 0.757. The number of thiophene rings is 1. The molecule has 2 nitrogen and oxygen atoms in total. The molecule has 2 aromatic rings. The summed E-state index contributed by atoms with van der Waals surface area (Å²) in [4.78, 5) is 0. The van der Waals surface area contributed by atoms with Gasteiger partial charge in [0, 0.05) is 16.9 Å². The molecule has 0 amide bonds. The summed E-state index contributed by atoms with van der Waals surface area (Å²) in [5.74, 6) is 0. The number of rotatable bonds is 2. The molecule has 0 fully saturated rings. The summed E-state index contributed by atoms with van der Waals surface area (Å²) < 4.78 is 0. The summed E-state index contributed by atoms with van der Waals surface area (Å²) in [5, 5.41) is 4.29. The van der Waals surface area contributed by atoms with Crippen LogP contribution < -0.4 is 11.5 Å². The van der Waals surface area contributed by atoms with Gasteiger partial charge in [-0.3, -0.25) is 0 Å². The Bertz CT molecular complexity index is 474. The molecule has 4 N–H and O–H groups in total. The van der Waals surface area contributed by atoms with E-state index in [1.807, 2.05) is 18.2 Å². The Balaban J connectivity index is 2.58. The molecule has 78 valence electrons. The van der Waals surface area contributed by atoms with Gasteiger partial charge in [0.05, 0.1) is 0 Å². The van der Waals surface area contributed by atoms with Crippen molar-refractivity contribution in [1.82, 2.24) is 0 Å². The van der Waals surface area contributed by atoms with E-state index in [-0.39, 0.29) is 0 Å². The van der Waals surface area contributed by atoms with Gasteiger partial charge < -0.3 is 11.5 Å². The van der Waals surface area contributed by atoms with Crippen LogP contribution in [0.1, 0.15) is 12.5 Å². The van der Waals surface area contributed by atoms with E-state index in [0.717, 1.165) is 23.4 Å². The van der Waals surface area contributed by atoms with Gasteiger partial charge in [-0.15, -0.1) is 0 Å². The quantitative estimate of drug-likeness (QED) is 0.761. The highest BCUT2D eigenvalue weighted by Crippen LogP contribution is 2.33. The number of aryl methyl sites for hydroxylation is 1. The zero-order valence-electron chi connectivity index (χ0n) is 8.66. The largest absolute Gasteiger partial charge is 0.399 e. The number of benzene rings is 1. The van der Waals surface area contributed by atoms with Crippen molar-refractivity contribution in [2.45, 2.75) is 13.3 Å². The highest BCUT2D eigenvalue weighted by atomic mass is 32.1. The van der Waals surface area contributed by atoms with Crippen molar-refractivity contribution in [1.29, 1.82) is 0 Å². The molecule has 0 saturated carbocycles. The molecule has 15 heavy (non-hydrogen) atoms. The number of hydrogen-bond donors (Lipinski definition) is 2. The highest BCUT2D eigenvalue weighted by Gasteiger charge is 2.08. The molecule has 2 rings (SSSR count). The lowest BCUT2D eigenvalue weighted by atomic mass is 10.0. The van der Waals surface area contributed by atoms with Crippen LogP contribution in [0.5, 0.6) is 0 Å². The second kappa shape index (κ2) is 3.95. The third-order valence-corrected chi connectivity index (χ3v) is 3.28. The Morgan fingerprint density at radius 1 is 1.13 bits per heavy atom. The van der Waals surface area contributed by atoms with Gasteiger partial charge in [-0.2, -0.15) is 11.3 Å². The van der Waals surface area contributed by atoms with Crippen LogP contribution in [-0.2, 0) is 6.42 Å². The predicted octanol–water partition coefficient (Wildman–Crippen LogP) is 3.14. The van der Waals surface area contributed by atoms with Gasteiger partial charge in [0.25, 0.3) is 0 Å². The fraction of sp³-hybridized carbons (Fsp3) is 0.167. The van der Waals surface area contributed by atoms with E-state index in [9.17, 15) is 0 Å². The fourth-order valence-electron chi connectivity index (χ4n) is 1.64. The first-order valence-electron chi connectivity index (χ1n) is 4.92. The molecule has 0 spiro atoms. The Hall–Kier alpha value is -1.48. The van der Waals surface area contributed by atoms with E-state index in [0.29, 0.717) is 0 Å². The minimum absolute atomic E-state index is 0.757. The molecule has 0 unspecified atom stereocenters. The van der Waals surface area contributed by atoms with Crippen molar-refractivity contribution in [3.8, 4) is 11.1 Å². The normalized spacial score (nSPS) is 10.5. The smallest absolute Gasteiger partial charge is 0.0395 e. The summed E-state index contributed by atoms with van der Waals surface area (Å²) in [6.45, 7) is 2.15. The topological polar surface area (TPSA) is 52.0 Å². The molecular formula is C12H14N2S. The van der Waals surface area contributed by atoms with E-state index >= 15 is 0 Å². The van der Waals surface area contributed by atoms with Crippen LogP contribution in [0.2, 0.25) is 0 Å². The van der Waals surface area contributed by atoms with Crippen molar-refractivity contribution < 1.29 is 0 Å². The Morgan fingerprint density at radius 2 is 1.93 bits per heavy atom.